The van der Waals surface area contributed by atoms with Crippen LogP contribution >= 0.6 is 23.5 Å². The molecule has 0 bridgehead atoms. The molecule has 2 aromatic heterocycles. The third-order valence-electron chi connectivity index (χ3n) is 9.51. The Kier molecular flexibility index (Phi) is 6.62. The minimum Gasteiger partial charge on any atom is -0.436 e. The lowest BCUT2D eigenvalue weighted by atomic mass is 10.1. The molecule has 0 aliphatic carbocycles. The van der Waals surface area contributed by atoms with Crippen LogP contribution in [0.4, 0.5) is 34.1 Å². The van der Waals surface area contributed by atoms with Gasteiger partial charge in [0.1, 0.15) is 11.0 Å². The van der Waals surface area contributed by atoms with Crippen molar-refractivity contribution in [2.45, 2.75) is 19.6 Å². The normalized spacial score (nSPS) is 13.2. The van der Waals surface area contributed by atoms with E-state index in [-0.39, 0.29) is 0 Å². The second kappa shape index (κ2) is 11.7. The van der Waals surface area contributed by atoms with Crippen molar-refractivity contribution in [3.05, 3.63) is 158 Å². The van der Waals surface area contributed by atoms with Gasteiger partial charge in [0.05, 0.1) is 22.7 Å². The largest absolute Gasteiger partial charge is 0.436 e. The van der Waals surface area contributed by atoms with Crippen LogP contribution < -0.4 is 9.80 Å². The molecule has 11 rings (SSSR count). The number of oxazole rings is 2. The number of anilines is 6. The summed E-state index contributed by atoms with van der Waals surface area (Å²) in [5.41, 5.74) is 11.4. The van der Waals surface area contributed by atoms with Crippen LogP contribution in [0.15, 0.2) is 186 Å². The fourth-order valence-corrected chi connectivity index (χ4v) is 9.18. The molecule has 0 spiro atoms. The molecule has 246 valence electrons. The van der Waals surface area contributed by atoms with Gasteiger partial charge in [0.25, 0.3) is 0 Å². The predicted molar refractivity (Wildman–Crippen MR) is 210 cm³/mol. The van der Waals surface area contributed by atoms with E-state index in [4.69, 9.17) is 18.8 Å². The molecule has 2 aliphatic heterocycles. The third-order valence-corrected chi connectivity index (χ3v) is 11.8. The van der Waals surface area contributed by atoms with Crippen LogP contribution in [0.25, 0.3) is 45.1 Å². The number of fused-ring (bicyclic) bond motifs is 6. The van der Waals surface area contributed by atoms with Gasteiger partial charge in [-0.2, -0.15) is 0 Å². The maximum absolute atomic E-state index is 6.29. The van der Waals surface area contributed by atoms with E-state index in [1.165, 1.54) is 42.3 Å². The first-order valence-electron chi connectivity index (χ1n) is 17.0. The van der Waals surface area contributed by atoms with E-state index in [0.717, 1.165) is 33.5 Å². The van der Waals surface area contributed by atoms with Crippen molar-refractivity contribution in [2.75, 3.05) is 9.80 Å². The molecule has 4 heterocycles. The third kappa shape index (κ3) is 4.76. The fraction of sp³-hybridized carbons (Fsp3) is 0. The number of nitrogens with zero attached hydrogens (tertiary/aromatic N) is 4. The number of hydrogen-bond acceptors (Lipinski definition) is 8. The Morgan fingerprint density at radius 3 is 1.10 bits per heavy atom. The number of benzene rings is 7. The summed E-state index contributed by atoms with van der Waals surface area (Å²) in [5.74, 6) is 1.11. The molecule has 0 amide bonds. The average Bonchev–Trinajstić information content (AvgIpc) is 3.82. The van der Waals surface area contributed by atoms with E-state index in [9.17, 15) is 0 Å². The molecular formula is C44H26N4O2S2. The van der Waals surface area contributed by atoms with Gasteiger partial charge in [0.15, 0.2) is 11.2 Å². The SMILES string of the molecule is c1ccc2c(c1)Sc1ccccc1N2c1ccc(-c2nc3cc4nc(-c5ccc(N6c7ccccc7Sc7ccccc76)cc5)oc4cc3o2)cc1. The highest BCUT2D eigenvalue weighted by Crippen LogP contribution is 2.52. The maximum Gasteiger partial charge on any atom is 0.227 e. The number of hydrogen-bond donors (Lipinski definition) is 0. The Morgan fingerprint density at radius 1 is 0.385 bits per heavy atom. The highest BCUT2D eigenvalue weighted by molar-refractivity contribution is 8.00. The van der Waals surface area contributed by atoms with Crippen LogP contribution in [-0.4, -0.2) is 9.97 Å². The molecule has 0 atom stereocenters. The minimum atomic E-state index is 0.555. The molecule has 9 aromatic rings. The second-order valence-electron chi connectivity index (χ2n) is 12.7. The Bertz CT molecular complexity index is 2490. The first-order valence-corrected chi connectivity index (χ1v) is 18.6. The minimum absolute atomic E-state index is 0.555. The van der Waals surface area contributed by atoms with E-state index in [0.29, 0.717) is 22.9 Å². The van der Waals surface area contributed by atoms with E-state index < -0.39 is 0 Å². The molecule has 2 aliphatic rings. The molecule has 0 saturated heterocycles. The molecule has 0 fully saturated rings. The van der Waals surface area contributed by atoms with E-state index in [1.54, 1.807) is 23.5 Å². The van der Waals surface area contributed by atoms with Gasteiger partial charge in [0.2, 0.25) is 11.8 Å². The summed E-state index contributed by atoms with van der Waals surface area (Å²) in [5, 5.41) is 0. The van der Waals surface area contributed by atoms with Crippen molar-refractivity contribution in [1.29, 1.82) is 0 Å². The maximum atomic E-state index is 6.29. The summed E-state index contributed by atoms with van der Waals surface area (Å²) in [6, 6.07) is 54.7. The van der Waals surface area contributed by atoms with Crippen LogP contribution in [0.3, 0.4) is 0 Å². The zero-order valence-corrected chi connectivity index (χ0v) is 29.1. The topological polar surface area (TPSA) is 58.5 Å². The van der Waals surface area contributed by atoms with Crippen molar-refractivity contribution < 1.29 is 8.83 Å². The average molecular weight is 707 g/mol. The van der Waals surface area contributed by atoms with Crippen LogP contribution in [0, 0.1) is 0 Å². The second-order valence-corrected chi connectivity index (χ2v) is 14.8. The summed E-state index contributed by atoms with van der Waals surface area (Å²) in [7, 11) is 0. The summed E-state index contributed by atoms with van der Waals surface area (Å²) in [6.45, 7) is 0. The summed E-state index contributed by atoms with van der Waals surface area (Å²) >= 11 is 3.61. The first-order chi connectivity index (χ1) is 25.7. The van der Waals surface area contributed by atoms with Gasteiger partial charge in [-0.15, -0.1) is 0 Å². The molecule has 8 heteroatoms. The Morgan fingerprint density at radius 2 is 0.731 bits per heavy atom. The van der Waals surface area contributed by atoms with Crippen LogP contribution in [0.5, 0.6) is 0 Å². The van der Waals surface area contributed by atoms with Gasteiger partial charge < -0.3 is 18.6 Å². The monoisotopic (exact) mass is 706 g/mol. The van der Waals surface area contributed by atoms with Crippen molar-refractivity contribution in [3.63, 3.8) is 0 Å². The Labute approximate surface area is 307 Å². The summed E-state index contributed by atoms with van der Waals surface area (Å²) < 4.78 is 12.6. The van der Waals surface area contributed by atoms with Gasteiger partial charge in [0, 0.05) is 48.1 Å². The molecular weight excluding hydrogens is 681 g/mol. The van der Waals surface area contributed by atoms with Crippen molar-refractivity contribution in [3.8, 4) is 22.9 Å². The Balaban J connectivity index is 0.885. The number of para-hydroxylation sites is 4. The predicted octanol–water partition coefficient (Wildman–Crippen LogP) is 13.2. The molecule has 52 heavy (non-hydrogen) atoms. The highest BCUT2D eigenvalue weighted by atomic mass is 32.2. The van der Waals surface area contributed by atoms with Gasteiger partial charge >= 0.3 is 0 Å². The van der Waals surface area contributed by atoms with Gasteiger partial charge in [-0.3, -0.25) is 0 Å². The van der Waals surface area contributed by atoms with Crippen LogP contribution in [-0.2, 0) is 0 Å². The quantitative estimate of drug-likeness (QED) is 0.179. The summed E-state index contributed by atoms with van der Waals surface area (Å²) in [4.78, 5) is 19.3. The van der Waals surface area contributed by atoms with Gasteiger partial charge in [-0.05, 0) is 103 Å². The fourth-order valence-electron chi connectivity index (χ4n) is 7.07. The van der Waals surface area contributed by atoms with Crippen molar-refractivity contribution in [2.24, 2.45) is 0 Å². The molecule has 0 N–H and O–H groups in total. The molecule has 7 aromatic carbocycles. The smallest absolute Gasteiger partial charge is 0.227 e. The standard InChI is InChI=1S/C44H26N4O2S2/c1-5-13-39-33(9-1)47(34-10-2-6-14-40(34)51-39)29-21-17-27(18-22-29)43-45-31-25-32-38(26-37(31)49-43)50-44(46-32)28-19-23-30(24-20-28)48-35-11-3-7-15-41(35)52-42-16-8-4-12-36(42)48/h1-26H. The highest BCUT2D eigenvalue weighted by Gasteiger charge is 2.26. The first kappa shape index (κ1) is 29.5. The summed E-state index contributed by atoms with van der Waals surface area (Å²) in [6.07, 6.45) is 0. The van der Waals surface area contributed by atoms with Gasteiger partial charge in [-0.25, -0.2) is 9.97 Å². The van der Waals surface area contributed by atoms with Crippen molar-refractivity contribution in [1.82, 2.24) is 9.97 Å². The molecule has 0 unspecified atom stereocenters. The number of rotatable bonds is 4. The zero-order chi connectivity index (χ0) is 34.2. The zero-order valence-electron chi connectivity index (χ0n) is 27.4. The van der Waals surface area contributed by atoms with Crippen LogP contribution in [0.1, 0.15) is 0 Å². The van der Waals surface area contributed by atoms with E-state index in [1.807, 2.05) is 12.1 Å². The lowest BCUT2D eigenvalue weighted by Gasteiger charge is -2.32. The van der Waals surface area contributed by atoms with Crippen molar-refractivity contribution >= 4 is 79.8 Å². The van der Waals surface area contributed by atoms with Gasteiger partial charge in [-0.1, -0.05) is 72.1 Å². The number of aromatic nitrogens is 2. The Hall–Kier alpha value is -6.22. The van der Waals surface area contributed by atoms with E-state index in [2.05, 4.69) is 155 Å². The molecule has 6 nitrogen and oxygen atoms in total. The lowest BCUT2D eigenvalue weighted by molar-refractivity contribution is 0.609. The van der Waals surface area contributed by atoms with E-state index >= 15 is 0 Å². The molecule has 0 radical (unpaired) electrons. The molecule has 0 saturated carbocycles. The van der Waals surface area contributed by atoms with Crippen LogP contribution in [0.2, 0.25) is 0 Å². The lowest BCUT2D eigenvalue weighted by Crippen LogP contribution is -2.14.